The Kier molecular flexibility index (Phi) is 6.92. The minimum absolute atomic E-state index is 0. The summed E-state index contributed by atoms with van der Waals surface area (Å²) in [7, 11) is 3.30. The van der Waals surface area contributed by atoms with Crippen LogP contribution in [0.5, 0.6) is 11.5 Å². The van der Waals surface area contributed by atoms with Crippen LogP contribution >= 0.6 is 12.4 Å². The number of halogens is 1. The van der Waals surface area contributed by atoms with Gasteiger partial charge in [-0.15, -0.1) is 12.4 Å². The number of hydrogen-bond acceptors (Lipinski definition) is 3. The molecule has 15 heavy (non-hydrogen) atoms. The molecule has 0 unspecified atom stereocenters. The van der Waals surface area contributed by atoms with Crippen molar-refractivity contribution >= 4 is 12.4 Å². The number of benzene rings is 1. The van der Waals surface area contributed by atoms with E-state index in [0.717, 1.165) is 29.9 Å². The summed E-state index contributed by atoms with van der Waals surface area (Å²) >= 11 is 0. The molecule has 0 bridgehead atoms. The molecule has 0 fully saturated rings. The molecule has 0 amide bonds. The van der Waals surface area contributed by atoms with Gasteiger partial charge in [-0.2, -0.15) is 0 Å². The van der Waals surface area contributed by atoms with Crippen LogP contribution in [-0.2, 0) is 6.42 Å². The summed E-state index contributed by atoms with van der Waals surface area (Å²) in [5, 5.41) is 0. The molecule has 1 aromatic rings. The Morgan fingerprint density at radius 1 is 1.20 bits per heavy atom. The van der Waals surface area contributed by atoms with Gasteiger partial charge in [0.15, 0.2) is 11.5 Å². The monoisotopic (exact) mass is 231 g/mol. The van der Waals surface area contributed by atoms with Crippen molar-refractivity contribution in [3.05, 3.63) is 23.8 Å². The first-order valence-electron chi connectivity index (χ1n) is 4.73. The fourth-order valence-corrected chi connectivity index (χ4v) is 1.44. The Morgan fingerprint density at radius 2 is 1.93 bits per heavy atom. The summed E-state index contributed by atoms with van der Waals surface area (Å²) in [5.41, 5.74) is 6.62. The molecule has 0 aliphatic heterocycles. The van der Waals surface area contributed by atoms with Crippen LogP contribution in [0.15, 0.2) is 18.2 Å². The van der Waals surface area contributed by atoms with Gasteiger partial charge in [-0.1, -0.05) is 12.1 Å². The Balaban J connectivity index is 0.00000196. The van der Waals surface area contributed by atoms with Gasteiger partial charge in [-0.05, 0) is 31.0 Å². The van der Waals surface area contributed by atoms with Gasteiger partial charge in [-0.25, -0.2) is 0 Å². The standard InChI is InChI=1S/C11H17NO2.ClH/c1-13-10-7-3-5-9(6-4-8-12)11(10)14-2;/h3,5,7H,4,6,8,12H2,1-2H3;1H. The topological polar surface area (TPSA) is 44.5 Å². The van der Waals surface area contributed by atoms with Crippen molar-refractivity contribution in [1.82, 2.24) is 0 Å². The van der Waals surface area contributed by atoms with E-state index in [-0.39, 0.29) is 12.4 Å². The van der Waals surface area contributed by atoms with Crippen molar-refractivity contribution in [2.75, 3.05) is 20.8 Å². The van der Waals surface area contributed by atoms with E-state index in [9.17, 15) is 0 Å². The maximum atomic E-state index is 5.47. The molecular formula is C11H18ClNO2. The first-order chi connectivity index (χ1) is 6.83. The zero-order valence-electron chi connectivity index (χ0n) is 9.16. The predicted octanol–water partition coefficient (Wildman–Crippen LogP) is 2.02. The number of nitrogens with two attached hydrogens (primary N) is 1. The van der Waals surface area contributed by atoms with Crippen LogP contribution in [0, 0.1) is 0 Å². The molecule has 0 aliphatic rings. The zero-order valence-corrected chi connectivity index (χ0v) is 9.97. The second-order valence-electron chi connectivity index (χ2n) is 3.04. The Morgan fingerprint density at radius 3 is 2.47 bits per heavy atom. The maximum Gasteiger partial charge on any atom is 0.163 e. The highest BCUT2D eigenvalue weighted by molar-refractivity contribution is 5.85. The van der Waals surface area contributed by atoms with E-state index in [2.05, 4.69) is 0 Å². The summed E-state index contributed by atoms with van der Waals surface area (Å²) in [5.74, 6) is 1.60. The van der Waals surface area contributed by atoms with Gasteiger partial charge in [0.2, 0.25) is 0 Å². The van der Waals surface area contributed by atoms with Gasteiger partial charge in [0.1, 0.15) is 0 Å². The van der Waals surface area contributed by atoms with Crippen LogP contribution in [0.3, 0.4) is 0 Å². The highest BCUT2D eigenvalue weighted by atomic mass is 35.5. The Bertz CT molecular complexity index is 292. The largest absolute Gasteiger partial charge is 0.493 e. The molecule has 0 saturated heterocycles. The molecule has 4 heteroatoms. The van der Waals surface area contributed by atoms with Gasteiger partial charge < -0.3 is 15.2 Å². The first-order valence-corrected chi connectivity index (χ1v) is 4.73. The van der Waals surface area contributed by atoms with Crippen molar-refractivity contribution in [2.45, 2.75) is 12.8 Å². The predicted molar refractivity (Wildman–Crippen MR) is 64.2 cm³/mol. The number of ether oxygens (including phenoxy) is 2. The summed E-state index contributed by atoms with van der Waals surface area (Å²) in [4.78, 5) is 0. The molecule has 1 aromatic carbocycles. The van der Waals surface area contributed by atoms with Crippen LogP contribution < -0.4 is 15.2 Å². The molecule has 0 saturated carbocycles. The second kappa shape index (κ2) is 7.37. The first kappa shape index (κ1) is 14.1. The highest BCUT2D eigenvalue weighted by Crippen LogP contribution is 2.31. The smallest absolute Gasteiger partial charge is 0.163 e. The summed E-state index contributed by atoms with van der Waals surface area (Å²) < 4.78 is 10.5. The van der Waals surface area contributed by atoms with Crippen LogP contribution in [-0.4, -0.2) is 20.8 Å². The van der Waals surface area contributed by atoms with Crippen molar-refractivity contribution in [2.24, 2.45) is 5.73 Å². The lowest BCUT2D eigenvalue weighted by Crippen LogP contribution is -2.02. The number of hydrogen-bond donors (Lipinski definition) is 1. The third kappa shape index (κ3) is 3.61. The van der Waals surface area contributed by atoms with Crippen molar-refractivity contribution < 1.29 is 9.47 Å². The van der Waals surface area contributed by atoms with Gasteiger partial charge in [0.25, 0.3) is 0 Å². The fraction of sp³-hybridized carbons (Fsp3) is 0.455. The lowest BCUT2D eigenvalue weighted by molar-refractivity contribution is 0.351. The van der Waals surface area contributed by atoms with E-state index >= 15 is 0 Å². The zero-order chi connectivity index (χ0) is 10.4. The summed E-state index contributed by atoms with van der Waals surface area (Å²) in [6.45, 7) is 0.695. The molecular weight excluding hydrogens is 214 g/mol. The molecule has 1 rings (SSSR count). The summed E-state index contributed by atoms with van der Waals surface area (Å²) in [6.07, 6.45) is 1.89. The van der Waals surface area contributed by atoms with E-state index in [1.54, 1.807) is 14.2 Å². The minimum atomic E-state index is 0. The van der Waals surface area contributed by atoms with Crippen LogP contribution in [0.1, 0.15) is 12.0 Å². The van der Waals surface area contributed by atoms with Gasteiger partial charge in [-0.3, -0.25) is 0 Å². The van der Waals surface area contributed by atoms with Crippen molar-refractivity contribution in [3.8, 4) is 11.5 Å². The highest BCUT2D eigenvalue weighted by Gasteiger charge is 2.07. The molecule has 2 N–H and O–H groups in total. The van der Waals surface area contributed by atoms with Crippen molar-refractivity contribution in [1.29, 1.82) is 0 Å². The molecule has 86 valence electrons. The van der Waals surface area contributed by atoms with Crippen molar-refractivity contribution in [3.63, 3.8) is 0 Å². The number of aryl methyl sites for hydroxylation is 1. The van der Waals surface area contributed by atoms with Crippen LogP contribution in [0.2, 0.25) is 0 Å². The maximum absolute atomic E-state index is 5.47. The molecule has 0 heterocycles. The Hall–Kier alpha value is -0.930. The molecule has 3 nitrogen and oxygen atoms in total. The minimum Gasteiger partial charge on any atom is -0.493 e. The van der Waals surface area contributed by atoms with Gasteiger partial charge in [0.05, 0.1) is 14.2 Å². The SMILES string of the molecule is COc1cccc(CCCN)c1OC.Cl. The second-order valence-corrected chi connectivity index (χ2v) is 3.04. The van der Waals surface area contributed by atoms with Crippen LogP contribution in [0.25, 0.3) is 0 Å². The lowest BCUT2D eigenvalue weighted by atomic mass is 10.1. The molecule has 0 aliphatic carbocycles. The van der Waals surface area contributed by atoms with Crippen LogP contribution in [0.4, 0.5) is 0 Å². The fourth-order valence-electron chi connectivity index (χ4n) is 1.44. The molecule has 0 spiro atoms. The van der Waals surface area contributed by atoms with E-state index in [4.69, 9.17) is 15.2 Å². The third-order valence-electron chi connectivity index (χ3n) is 2.13. The Labute approximate surface area is 97.0 Å². The van der Waals surface area contributed by atoms with Gasteiger partial charge in [0, 0.05) is 0 Å². The number of para-hydroxylation sites is 1. The molecule has 0 atom stereocenters. The number of rotatable bonds is 5. The van der Waals surface area contributed by atoms with E-state index in [0.29, 0.717) is 6.54 Å². The van der Waals surface area contributed by atoms with E-state index in [1.165, 1.54) is 0 Å². The lowest BCUT2D eigenvalue weighted by Gasteiger charge is -2.11. The van der Waals surface area contributed by atoms with E-state index < -0.39 is 0 Å². The average molecular weight is 232 g/mol. The molecule has 0 radical (unpaired) electrons. The molecule has 0 aromatic heterocycles. The quantitative estimate of drug-likeness (QED) is 0.843. The third-order valence-corrected chi connectivity index (χ3v) is 2.13. The number of methoxy groups -OCH3 is 2. The normalized spacial score (nSPS) is 9.27. The van der Waals surface area contributed by atoms with E-state index in [1.807, 2.05) is 18.2 Å². The average Bonchev–Trinajstić information content (AvgIpc) is 2.25. The van der Waals surface area contributed by atoms with Gasteiger partial charge >= 0.3 is 0 Å². The summed E-state index contributed by atoms with van der Waals surface area (Å²) in [6, 6.07) is 5.90.